The average Bonchev–Trinajstić information content (AvgIpc) is 3.07. The highest BCUT2D eigenvalue weighted by molar-refractivity contribution is 7.93. The summed E-state index contributed by atoms with van der Waals surface area (Å²) in [5.74, 6) is 0.298. The first-order valence-electron chi connectivity index (χ1n) is 15.9. The van der Waals surface area contributed by atoms with Gasteiger partial charge in [0.1, 0.15) is 5.65 Å². The molecular formula is C37H37N5O4S. The molecule has 0 saturated carbocycles. The van der Waals surface area contributed by atoms with Crippen LogP contribution in [0.5, 0.6) is 0 Å². The van der Waals surface area contributed by atoms with Gasteiger partial charge in [-0.25, -0.2) is 13.4 Å². The van der Waals surface area contributed by atoms with Crippen molar-refractivity contribution in [2.24, 2.45) is 0 Å². The number of pyridine rings is 1. The van der Waals surface area contributed by atoms with Gasteiger partial charge in [0.25, 0.3) is 5.56 Å². The standard InChI is InChI=1S/C37H37N5O4S/c1-37(2)32(21-26-12-7-8-14-31(26)47(37,45)46)42-34-28(20-30(35(42)44)33(43)25-10-5-4-6-11-25)22-38-36(40-34)39-29-17-15-24(16-18-29)27-13-9-19-41(3)23-27/h4-8,10-12,14-18,20,22,27,32H,9,13,19,21,23H2,1-3H3,(H,38,39,40). The normalized spacial score (nSPS) is 20.4. The minimum Gasteiger partial charge on any atom is -0.324 e. The first-order chi connectivity index (χ1) is 22.5. The zero-order valence-electron chi connectivity index (χ0n) is 26.7. The van der Waals surface area contributed by atoms with Gasteiger partial charge in [-0.3, -0.25) is 14.2 Å². The second kappa shape index (κ2) is 11.8. The van der Waals surface area contributed by atoms with Crippen molar-refractivity contribution < 1.29 is 13.2 Å². The van der Waals surface area contributed by atoms with Crippen LogP contribution in [0.25, 0.3) is 11.0 Å². The van der Waals surface area contributed by atoms with E-state index in [2.05, 4.69) is 34.4 Å². The van der Waals surface area contributed by atoms with Crippen LogP contribution in [0, 0.1) is 0 Å². The predicted octanol–water partition coefficient (Wildman–Crippen LogP) is 5.93. The molecule has 47 heavy (non-hydrogen) atoms. The summed E-state index contributed by atoms with van der Waals surface area (Å²) in [6, 6.07) is 24.4. The van der Waals surface area contributed by atoms with Gasteiger partial charge >= 0.3 is 0 Å². The number of fused-ring (bicyclic) bond motifs is 2. The Hall–Kier alpha value is -4.67. The van der Waals surface area contributed by atoms with Crippen LogP contribution in [0.15, 0.2) is 101 Å². The van der Waals surface area contributed by atoms with Crippen molar-refractivity contribution in [1.82, 2.24) is 19.4 Å². The van der Waals surface area contributed by atoms with Crippen LogP contribution in [0.2, 0.25) is 0 Å². The van der Waals surface area contributed by atoms with Gasteiger partial charge in [0, 0.05) is 29.4 Å². The number of hydrogen-bond donors (Lipinski definition) is 1. The molecule has 0 spiro atoms. The zero-order chi connectivity index (χ0) is 32.9. The Labute approximate surface area is 274 Å². The number of likely N-dealkylation sites (tertiary alicyclic amines) is 1. The van der Waals surface area contributed by atoms with Gasteiger partial charge in [0.2, 0.25) is 5.95 Å². The van der Waals surface area contributed by atoms with E-state index in [-0.39, 0.29) is 28.5 Å². The SMILES string of the molecule is CN1CCCC(c2ccc(Nc3ncc4cc(C(=O)c5ccccc5)c(=O)n(C5Cc6ccccc6S(=O)(=O)C5(C)C)c4n3)cc2)C1. The predicted molar refractivity (Wildman–Crippen MR) is 183 cm³/mol. The Morgan fingerprint density at radius 2 is 1.70 bits per heavy atom. The number of hydrogen-bond acceptors (Lipinski definition) is 8. The van der Waals surface area contributed by atoms with Crippen LogP contribution >= 0.6 is 0 Å². The van der Waals surface area contributed by atoms with Crippen molar-refractivity contribution in [3.63, 3.8) is 0 Å². The Bertz CT molecular complexity index is 2160. The quantitative estimate of drug-likeness (QED) is 0.226. The first-order valence-corrected chi connectivity index (χ1v) is 17.4. The first kappa shape index (κ1) is 31.0. The number of nitrogens with one attached hydrogen (secondary N) is 1. The van der Waals surface area contributed by atoms with Gasteiger partial charge in [-0.2, -0.15) is 4.98 Å². The highest BCUT2D eigenvalue weighted by atomic mass is 32.2. The summed E-state index contributed by atoms with van der Waals surface area (Å²) < 4.78 is 28.1. The van der Waals surface area contributed by atoms with Crippen LogP contribution < -0.4 is 10.9 Å². The number of benzene rings is 3. The van der Waals surface area contributed by atoms with E-state index >= 15 is 0 Å². The summed E-state index contributed by atoms with van der Waals surface area (Å²) in [5, 5.41) is 3.72. The fourth-order valence-electron chi connectivity index (χ4n) is 7.04. The summed E-state index contributed by atoms with van der Waals surface area (Å²) in [6.07, 6.45) is 4.18. The molecule has 0 aliphatic carbocycles. The third-order valence-corrected chi connectivity index (χ3v) is 12.4. The maximum absolute atomic E-state index is 14.5. The fourth-order valence-corrected chi connectivity index (χ4v) is 8.90. The Kier molecular flexibility index (Phi) is 7.80. The minimum atomic E-state index is -3.87. The number of anilines is 2. The number of piperidine rings is 1. The molecule has 2 aliphatic heterocycles. The molecule has 240 valence electrons. The van der Waals surface area contributed by atoms with Crippen molar-refractivity contribution >= 4 is 38.3 Å². The topological polar surface area (TPSA) is 114 Å². The number of carbonyl (C=O) groups excluding carboxylic acids is 1. The molecule has 9 nitrogen and oxygen atoms in total. The van der Waals surface area contributed by atoms with Gasteiger partial charge in [0.15, 0.2) is 15.6 Å². The van der Waals surface area contributed by atoms with E-state index in [4.69, 9.17) is 4.98 Å². The molecular weight excluding hydrogens is 611 g/mol. The highest BCUT2D eigenvalue weighted by Crippen LogP contribution is 2.44. The Balaban J connectivity index is 1.34. The molecule has 1 N–H and O–H groups in total. The number of likely N-dealkylation sites (N-methyl/N-ethyl adjacent to an activating group) is 1. The van der Waals surface area contributed by atoms with Gasteiger partial charge in [-0.1, -0.05) is 60.7 Å². The second-order valence-corrected chi connectivity index (χ2v) is 15.7. The summed E-state index contributed by atoms with van der Waals surface area (Å²) in [7, 11) is -1.72. The zero-order valence-corrected chi connectivity index (χ0v) is 27.5. The monoisotopic (exact) mass is 647 g/mol. The third kappa shape index (κ3) is 5.45. The number of rotatable bonds is 6. The molecule has 0 radical (unpaired) electrons. The molecule has 7 rings (SSSR count). The van der Waals surface area contributed by atoms with Crippen LogP contribution in [0.3, 0.4) is 0 Å². The summed E-state index contributed by atoms with van der Waals surface area (Å²) in [4.78, 5) is 40.1. The van der Waals surface area contributed by atoms with Gasteiger partial charge < -0.3 is 10.2 Å². The van der Waals surface area contributed by atoms with Crippen molar-refractivity contribution in [3.8, 4) is 0 Å². The van der Waals surface area contributed by atoms with E-state index in [9.17, 15) is 18.0 Å². The average molecular weight is 648 g/mol. The van der Waals surface area contributed by atoms with Crippen LogP contribution in [0.1, 0.15) is 65.7 Å². The molecule has 5 aromatic rings. The lowest BCUT2D eigenvalue weighted by atomic mass is 9.91. The molecule has 2 atom stereocenters. The maximum Gasteiger partial charge on any atom is 0.263 e. The lowest BCUT2D eigenvalue weighted by Gasteiger charge is -2.40. The van der Waals surface area contributed by atoms with E-state index in [1.807, 2.05) is 12.1 Å². The lowest BCUT2D eigenvalue weighted by Crippen LogP contribution is -2.49. The second-order valence-electron chi connectivity index (χ2n) is 13.2. The van der Waals surface area contributed by atoms with E-state index in [1.165, 1.54) is 22.6 Å². The van der Waals surface area contributed by atoms with Gasteiger partial charge in [0.05, 0.1) is 21.2 Å². The largest absolute Gasteiger partial charge is 0.324 e. The number of aromatic nitrogens is 3. The molecule has 0 amide bonds. The van der Waals surface area contributed by atoms with Crippen molar-refractivity contribution in [2.45, 2.75) is 54.7 Å². The smallest absolute Gasteiger partial charge is 0.263 e. The molecule has 2 aromatic heterocycles. The van der Waals surface area contributed by atoms with E-state index in [0.717, 1.165) is 25.2 Å². The molecule has 10 heteroatoms. The summed E-state index contributed by atoms with van der Waals surface area (Å²) in [6.45, 7) is 5.43. The fraction of sp³-hybridized carbons (Fsp3) is 0.297. The van der Waals surface area contributed by atoms with Crippen molar-refractivity contribution in [2.75, 3.05) is 25.5 Å². The number of ketones is 1. The third-order valence-electron chi connectivity index (χ3n) is 9.80. The molecule has 0 bridgehead atoms. The van der Waals surface area contributed by atoms with Gasteiger partial charge in [-0.15, -0.1) is 0 Å². The Morgan fingerprint density at radius 3 is 2.45 bits per heavy atom. The molecule has 3 aromatic carbocycles. The van der Waals surface area contributed by atoms with Gasteiger partial charge in [-0.05, 0) is 88.0 Å². The maximum atomic E-state index is 14.5. The van der Waals surface area contributed by atoms with E-state index in [0.29, 0.717) is 22.4 Å². The molecule has 1 fully saturated rings. The molecule has 4 heterocycles. The number of sulfone groups is 1. The molecule has 1 saturated heterocycles. The van der Waals surface area contributed by atoms with Crippen molar-refractivity contribution in [1.29, 1.82) is 0 Å². The van der Waals surface area contributed by atoms with E-state index in [1.54, 1.807) is 74.6 Å². The minimum absolute atomic E-state index is 0.0657. The summed E-state index contributed by atoms with van der Waals surface area (Å²) >= 11 is 0. The van der Waals surface area contributed by atoms with Crippen LogP contribution in [-0.2, 0) is 16.3 Å². The number of nitrogens with zero attached hydrogens (tertiary/aromatic N) is 4. The van der Waals surface area contributed by atoms with Crippen LogP contribution in [0.4, 0.5) is 11.6 Å². The summed E-state index contributed by atoms with van der Waals surface area (Å²) in [5.41, 5.74) is 2.65. The number of carbonyl (C=O) groups is 1. The molecule has 2 unspecified atom stereocenters. The Morgan fingerprint density at radius 1 is 0.979 bits per heavy atom. The van der Waals surface area contributed by atoms with Crippen LogP contribution in [-0.4, -0.2) is 58.5 Å². The van der Waals surface area contributed by atoms with Crippen molar-refractivity contribution in [3.05, 3.63) is 124 Å². The highest BCUT2D eigenvalue weighted by Gasteiger charge is 2.49. The molecule has 2 aliphatic rings. The lowest BCUT2D eigenvalue weighted by molar-refractivity contribution is 0.103. The van der Waals surface area contributed by atoms with E-state index < -0.39 is 32.0 Å².